The minimum absolute atomic E-state index is 0. The van der Waals surface area contributed by atoms with E-state index in [2.05, 4.69) is 5.32 Å². The molecule has 0 radical (unpaired) electrons. The third-order valence-corrected chi connectivity index (χ3v) is 4.70. The molecule has 3 rings (SSSR count). The molecule has 0 bridgehead atoms. The molecule has 3 atom stereocenters. The van der Waals surface area contributed by atoms with E-state index in [4.69, 9.17) is 10.5 Å². The van der Waals surface area contributed by atoms with E-state index < -0.39 is 6.10 Å². The minimum atomic E-state index is -0.409. The number of carbonyl (C=O) groups is 2. The third kappa shape index (κ3) is 3.55. The highest BCUT2D eigenvalue weighted by Crippen LogP contribution is 2.30. The number of hydrogen-bond donors (Lipinski definition) is 2. The molecule has 1 saturated heterocycles. The number of nitrogens with zero attached hydrogens (tertiary/aromatic N) is 1. The number of amides is 2. The number of anilines is 1. The SMILES string of the molecule is CC(NC(=O)[C@@H]1CC[C@H](CN)O1)c1ccc2c(c1)CC(=O)N2C.Cl. The maximum Gasteiger partial charge on any atom is 0.249 e. The summed E-state index contributed by atoms with van der Waals surface area (Å²) in [5.74, 6) is 0.00293. The number of fused-ring (bicyclic) bond motifs is 1. The smallest absolute Gasteiger partial charge is 0.249 e. The predicted molar refractivity (Wildman–Crippen MR) is 94.3 cm³/mol. The molecule has 0 saturated carbocycles. The van der Waals surface area contributed by atoms with Crippen LogP contribution in [0.3, 0.4) is 0 Å². The van der Waals surface area contributed by atoms with Crippen molar-refractivity contribution in [3.05, 3.63) is 29.3 Å². The van der Waals surface area contributed by atoms with Gasteiger partial charge in [-0.05, 0) is 37.0 Å². The number of nitrogens with two attached hydrogens (primary N) is 1. The van der Waals surface area contributed by atoms with E-state index in [0.717, 1.165) is 23.2 Å². The van der Waals surface area contributed by atoms with E-state index in [1.54, 1.807) is 11.9 Å². The summed E-state index contributed by atoms with van der Waals surface area (Å²) in [6, 6.07) is 5.76. The molecule has 2 aliphatic heterocycles. The van der Waals surface area contributed by atoms with Gasteiger partial charge in [0.1, 0.15) is 6.10 Å². The lowest BCUT2D eigenvalue weighted by Gasteiger charge is -2.19. The lowest BCUT2D eigenvalue weighted by atomic mass is 10.0. The van der Waals surface area contributed by atoms with Crippen molar-refractivity contribution in [3.8, 4) is 0 Å². The molecule has 24 heavy (non-hydrogen) atoms. The second-order valence-electron chi connectivity index (χ2n) is 6.31. The summed E-state index contributed by atoms with van der Waals surface area (Å²) in [5, 5.41) is 2.99. The highest BCUT2D eigenvalue weighted by molar-refractivity contribution is 6.00. The van der Waals surface area contributed by atoms with Gasteiger partial charge in [0.15, 0.2) is 0 Å². The van der Waals surface area contributed by atoms with Gasteiger partial charge in [0.05, 0.1) is 18.6 Å². The Morgan fingerprint density at radius 1 is 1.46 bits per heavy atom. The molecule has 1 aromatic rings. The summed E-state index contributed by atoms with van der Waals surface area (Å²) in [7, 11) is 1.78. The fraction of sp³-hybridized carbons (Fsp3) is 0.529. The van der Waals surface area contributed by atoms with Gasteiger partial charge in [-0.1, -0.05) is 12.1 Å². The van der Waals surface area contributed by atoms with Crippen molar-refractivity contribution in [1.82, 2.24) is 5.32 Å². The fourth-order valence-corrected chi connectivity index (χ4v) is 3.22. The Kier molecular flexibility index (Phi) is 5.85. The first-order chi connectivity index (χ1) is 11.0. The number of hydrogen-bond acceptors (Lipinski definition) is 4. The van der Waals surface area contributed by atoms with Gasteiger partial charge in [0.2, 0.25) is 11.8 Å². The lowest BCUT2D eigenvalue weighted by molar-refractivity contribution is -0.132. The number of rotatable bonds is 4. The Hall–Kier alpha value is -1.63. The van der Waals surface area contributed by atoms with Crippen LogP contribution in [0.2, 0.25) is 0 Å². The molecule has 0 aromatic heterocycles. The van der Waals surface area contributed by atoms with Gasteiger partial charge in [-0.25, -0.2) is 0 Å². The van der Waals surface area contributed by atoms with Crippen LogP contribution in [0.4, 0.5) is 5.69 Å². The Bertz CT molecular complexity index is 638. The molecule has 2 amide bonds. The van der Waals surface area contributed by atoms with Crippen molar-refractivity contribution >= 4 is 29.9 Å². The Labute approximate surface area is 148 Å². The fourth-order valence-electron chi connectivity index (χ4n) is 3.22. The average molecular weight is 354 g/mol. The topological polar surface area (TPSA) is 84.7 Å². The largest absolute Gasteiger partial charge is 0.364 e. The Morgan fingerprint density at radius 2 is 2.21 bits per heavy atom. The van der Waals surface area contributed by atoms with Crippen LogP contribution < -0.4 is 16.0 Å². The summed E-state index contributed by atoms with van der Waals surface area (Å²) < 4.78 is 5.62. The maximum atomic E-state index is 12.3. The molecular formula is C17H24ClN3O3. The quantitative estimate of drug-likeness (QED) is 0.854. The number of carbonyl (C=O) groups excluding carboxylic acids is 2. The van der Waals surface area contributed by atoms with Gasteiger partial charge in [-0.2, -0.15) is 0 Å². The number of likely N-dealkylation sites (N-methyl/N-ethyl adjacent to an activating group) is 1. The summed E-state index contributed by atoms with van der Waals surface area (Å²) >= 11 is 0. The normalized spacial score (nSPS) is 23.6. The van der Waals surface area contributed by atoms with E-state index in [1.165, 1.54) is 0 Å². The van der Waals surface area contributed by atoms with Crippen LogP contribution in [0.15, 0.2) is 18.2 Å². The van der Waals surface area contributed by atoms with Crippen LogP contribution in [0.25, 0.3) is 0 Å². The zero-order valence-electron chi connectivity index (χ0n) is 14.0. The van der Waals surface area contributed by atoms with Crippen LogP contribution >= 0.6 is 12.4 Å². The first kappa shape index (κ1) is 18.7. The number of ether oxygens (including phenoxy) is 1. The van der Waals surface area contributed by atoms with E-state index in [0.29, 0.717) is 19.4 Å². The van der Waals surface area contributed by atoms with Crippen molar-refractivity contribution < 1.29 is 14.3 Å². The van der Waals surface area contributed by atoms with Crippen LogP contribution in [-0.4, -0.2) is 37.6 Å². The summed E-state index contributed by atoms with van der Waals surface area (Å²) in [6.45, 7) is 2.39. The van der Waals surface area contributed by atoms with Crippen LogP contribution in [0.1, 0.15) is 36.9 Å². The highest BCUT2D eigenvalue weighted by atomic mass is 35.5. The molecule has 132 valence electrons. The van der Waals surface area contributed by atoms with E-state index in [9.17, 15) is 9.59 Å². The van der Waals surface area contributed by atoms with Gasteiger partial charge >= 0.3 is 0 Å². The number of benzene rings is 1. The molecule has 0 aliphatic carbocycles. The van der Waals surface area contributed by atoms with Crippen molar-refractivity contribution in [2.24, 2.45) is 5.73 Å². The second-order valence-corrected chi connectivity index (χ2v) is 6.31. The van der Waals surface area contributed by atoms with Crippen LogP contribution in [-0.2, 0) is 20.7 Å². The van der Waals surface area contributed by atoms with Gasteiger partial charge in [-0.3, -0.25) is 9.59 Å². The van der Waals surface area contributed by atoms with Crippen LogP contribution in [0, 0.1) is 0 Å². The average Bonchev–Trinajstić information content (AvgIpc) is 3.12. The standard InChI is InChI=1S/C17H23N3O3.ClH/c1-10(19-17(22)15-6-4-13(9-18)23-15)11-3-5-14-12(7-11)8-16(21)20(14)2;/h3,5,7,10,13,15H,4,6,8-9,18H2,1-2H3,(H,19,22);1H/t10?,13-,15+;/m1./s1. The lowest BCUT2D eigenvalue weighted by Crippen LogP contribution is -2.37. The van der Waals surface area contributed by atoms with Crippen molar-refractivity contribution in [1.29, 1.82) is 0 Å². The molecule has 2 heterocycles. The predicted octanol–water partition coefficient (Wildman–Crippen LogP) is 1.31. The Balaban J connectivity index is 0.00000208. The first-order valence-electron chi connectivity index (χ1n) is 8.05. The van der Waals surface area contributed by atoms with Gasteiger partial charge in [0, 0.05) is 19.3 Å². The van der Waals surface area contributed by atoms with Crippen molar-refractivity contribution in [2.75, 3.05) is 18.5 Å². The second kappa shape index (κ2) is 7.51. The maximum absolute atomic E-state index is 12.3. The summed E-state index contributed by atoms with van der Waals surface area (Å²) in [6.07, 6.45) is 1.54. The van der Waals surface area contributed by atoms with Crippen molar-refractivity contribution in [3.63, 3.8) is 0 Å². The molecule has 1 aromatic carbocycles. The van der Waals surface area contributed by atoms with Crippen molar-refractivity contribution in [2.45, 2.75) is 44.4 Å². The zero-order valence-corrected chi connectivity index (χ0v) is 14.8. The Morgan fingerprint density at radius 3 is 2.88 bits per heavy atom. The minimum Gasteiger partial charge on any atom is -0.364 e. The van der Waals surface area contributed by atoms with Gasteiger partial charge in [0.25, 0.3) is 0 Å². The van der Waals surface area contributed by atoms with E-state index in [1.807, 2.05) is 25.1 Å². The first-order valence-corrected chi connectivity index (χ1v) is 8.05. The number of nitrogens with one attached hydrogen (secondary N) is 1. The molecule has 2 aliphatic rings. The van der Waals surface area contributed by atoms with E-state index in [-0.39, 0.29) is 36.4 Å². The molecule has 3 N–H and O–H groups in total. The molecule has 7 heteroatoms. The molecule has 1 unspecified atom stereocenters. The molecule has 6 nitrogen and oxygen atoms in total. The van der Waals surface area contributed by atoms with Crippen LogP contribution in [0.5, 0.6) is 0 Å². The van der Waals surface area contributed by atoms with E-state index >= 15 is 0 Å². The molecule has 0 spiro atoms. The third-order valence-electron chi connectivity index (χ3n) is 4.70. The van der Waals surface area contributed by atoms with Gasteiger partial charge < -0.3 is 20.7 Å². The molecule has 1 fully saturated rings. The summed E-state index contributed by atoms with van der Waals surface area (Å²) in [5.41, 5.74) is 8.53. The molecular weight excluding hydrogens is 330 g/mol. The summed E-state index contributed by atoms with van der Waals surface area (Å²) in [4.78, 5) is 25.7. The zero-order chi connectivity index (χ0) is 16.6. The van der Waals surface area contributed by atoms with Gasteiger partial charge in [-0.15, -0.1) is 12.4 Å². The number of halogens is 1. The highest BCUT2D eigenvalue weighted by Gasteiger charge is 2.31. The monoisotopic (exact) mass is 353 g/mol.